The van der Waals surface area contributed by atoms with Gasteiger partial charge in [-0.05, 0) is 44.1 Å². The van der Waals surface area contributed by atoms with E-state index in [1.165, 1.54) is 31.4 Å². The van der Waals surface area contributed by atoms with E-state index in [9.17, 15) is 0 Å². The smallest absolute Gasteiger partial charge is 0.144 e. The maximum absolute atomic E-state index is 5.79. The molecule has 1 aromatic heterocycles. The number of hydrogen-bond donors (Lipinski definition) is 0. The van der Waals surface area contributed by atoms with Crippen LogP contribution in [0, 0.1) is 12.3 Å². The van der Waals surface area contributed by atoms with Crippen LogP contribution in [0.25, 0.3) is 10.9 Å². The Hall–Kier alpha value is -2.10. The molecular weight excluding hydrogens is 334 g/mol. The first-order valence-electron chi connectivity index (χ1n) is 10.3. The fourth-order valence-electron chi connectivity index (χ4n) is 4.73. The summed E-state index contributed by atoms with van der Waals surface area (Å²) >= 11 is 0. The van der Waals surface area contributed by atoms with Crippen LogP contribution < -0.4 is 9.64 Å². The van der Waals surface area contributed by atoms with Gasteiger partial charge < -0.3 is 9.64 Å². The monoisotopic (exact) mass is 367 g/mol. The largest absolute Gasteiger partial charge is 0.494 e. The van der Waals surface area contributed by atoms with Crippen LogP contribution in [0.4, 0.5) is 5.69 Å². The van der Waals surface area contributed by atoms with Gasteiger partial charge >= 0.3 is 0 Å². The number of fused-ring (bicyclic) bond motifs is 1. The summed E-state index contributed by atoms with van der Waals surface area (Å²) in [5, 5.41) is 1.10. The molecule has 1 saturated heterocycles. The van der Waals surface area contributed by atoms with E-state index >= 15 is 0 Å². The Kier molecular flexibility index (Phi) is 6.03. The Balaban J connectivity index is 2.12. The number of rotatable bonds is 7. The fourth-order valence-corrected chi connectivity index (χ4v) is 4.73. The SMILES string of the molecule is CC/C=C1\CC(CCC)(CCC)CN1c1cc2c(C)ncnc2cc1OC. The third kappa shape index (κ3) is 3.80. The van der Waals surface area contributed by atoms with Crippen LogP contribution in [0.3, 0.4) is 0 Å². The number of anilines is 1. The first-order valence-corrected chi connectivity index (χ1v) is 10.3. The minimum absolute atomic E-state index is 0.368. The third-order valence-corrected chi connectivity index (χ3v) is 5.82. The summed E-state index contributed by atoms with van der Waals surface area (Å²) in [4.78, 5) is 11.3. The van der Waals surface area contributed by atoms with Gasteiger partial charge in [-0.15, -0.1) is 0 Å². The van der Waals surface area contributed by atoms with Crippen LogP contribution >= 0.6 is 0 Å². The average Bonchev–Trinajstić information content (AvgIpc) is 3.00. The third-order valence-electron chi connectivity index (χ3n) is 5.82. The van der Waals surface area contributed by atoms with Gasteiger partial charge in [0.2, 0.25) is 0 Å². The molecule has 0 atom stereocenters. The van der Waals surface area contributed by atoms with E-state index < -0.39 is 0 Å². The lowest BCUT2D eigenvalue weighted by Gasteiger charge is -2.29. The van der Waals surface area contributed by atoms with Crippen LogP contribution in [0.5, 0.6) is 5.75 Å². The van der Waals surface area contributed by atoms with Gasteiger partial charge in [0.25, 0.3) is 0 Å². The van der Waals surface area contributed by atoms with Gasteiger partial charge in [-0.25, -0.2) is 9.97 Å². The summed E-state index contributed by atoms with van der Waals surface area (Å²) in [6, 6.07) is 4.28. The van der Waals surface area contributed by atoms with Gasteiger partial charge in [0.1, 0.15) is 12.1 Å². The van der Waals surface area contributed by atoms with Crippen molar-refractivity contribution in [2.24, 2.45) is 5.41 Å². The van der Waals surface area contributed by atoms with Crippen molar-refractivity contribution < 1.29 is 4.74 Å². The second-order valence-corrected chi connectivity index (χ2v) is 7.87. The number of methoxy groups -OCH3 is 1. The molecule has 0 N–H and O–H groups in total. The molecule has 3 rings (SSSR count). The summed E-state index contributed by atoms with van der Waals surface area (Å²) in [6.07, 6.45) is 11.2. The zero-order valence-electron chi connectivity index (χ0n) is 17.5. The van der Waals surface area contributed by atoms with E-state index in [1.54, 1.807) is 13.4 Å². The number of allylic oxidation sites excluding steroid dienone is 2. The van der Waals surface area contributed by atoms with E-state index in [2.05, 4.69) is 53.8 Å². The Bertz CT molecular complexity index is 822. The van der Waals surface area contributed by atoms with E-state index in [-0.39, 0.29) is 0 Å². The van der Waals surface area contributed by atoms with Gasteiger partial charge in [-0.2, -0.15) is 0 Å². The molecule has 4 heteroatoms. The number of ether oxygens (including phenoxy) is 1. The number of aromatic nitrogens is 2. The summed E-state index contributed by atoms with van der Waals surface area (Å²) < 4.78 is 5.79. The first-order chi connectivity index (χ1) is 13.1. The Morgan fingerprint density at radius 3 is 2.52 bits per heavy atom. The molecule has 1 aliphatic rings. The zero-order valence-corrected chi connectivity index (χ0v) is 17.5. The predicted molar refractivity (Wildman–Crippen MR) is 113 cm³/mol. The van der Waals surface area contributed by atoms with Crippen LogP contribution in [0.1, 0.15) is 65.0 Å². The highest BCUT2D eigenvalue weighted by molar-refractivity contribution is 5.88. The maximum Gasteiger partial charge on any atom is 0.144 e. The van der Waals surface area contributed by atoms with Crippen molar-refractivity contribution in [3.8, 4) is 5.75 Å². The van der Waals surface area contributed by atoms with Crippen LogP contribution in [-0.4, -0.2) is 23.6 Å². The van der Waals surface area contributed by atoms with Crippen molar-refractivity contribution in [2.75, 3.05) is 18.6 Å². The predicted octanol–water partition coefficient (Wildman–Crippen LogP) is 6.04. The minimum Gasteiger partial charge on any atom is -0.494 e. The minimum atomic E-state index is 0.368. The highest BCUT2D eigenvalue weighted by Gasteiger charge is 2.40. The maximum atomic E-state index is 5.79. The summed E-state index contributed by atoms with van der Waals surface area (Å²) in [5.74, 6) is 0.895. The van der Waals surface area contributed by atoms with E-state index in [0.29, 0.717) is 5.41 Å². The standard InChI is InChI=1S/C23H33N3O/c1-6-9-18-14-23(10-7-2,11-8-3)15-26(18)21-12-19-17(4)24-16-25-20(19)13-22(21)27-5/h9,12-13,16H,6-8,10-11,14-15H2,1-5H3/b18-9+. The van der Waals surface area contributed by atoms with Crippen LogP contribution in [0.2, 0.25) is 0 Å². The average molecular weight is 368 g/mol. The molecular formula is C23H33N3O. The lowest BCUT2D eigenvalue weighted by Crippen LogP contribution is -2.27. The molecule has 2 aromatic rings. The molecule has 1 fully saturated rings. The molecule has 0 unspecified atom stereocenters. The molecule has 4 nitrogen and oxygen atoms in total. The van der Waals surface area contributed by atoms with Crippen LogP contribution in [0.15, 0.2) is 30.2 Å². The lowest BCUT2D eigenvalue weighted by atomic mass is 9.78. The molecule has 1 aliphatic heterocycles. The summed E-state index contributed by atoms with van der Waals surface area (Å²) in [7, 11) is 1.75. The number of aryl methyl sites for hydroxylation is 1. The molecule has 1 aromatic carbocycles. The van der Waals surface area contributed by atoms with Gasteiger partial charge in [-0.3, -0.25) is 0 Å². The molecule has 0 radical (unpaired) electrons. The van der Waals surface area contributed by atoms with Crippen LogP contribution in [-0.2, 0) is 0 Å². The van der Waals surface area contributed by atoms with Gasteiger partial charge in [0.15, 0.2) is 0 Å². The highest BCUT2D eigenvalue weighted by Crippen LogP contribution is 2.48. The molecule has 27 heavy (non-hydrogen) atoms. The molecule has 0 bridgehead atoms. The summed E-state index contributed by atoms with van der Waals surface area (Å²) in [6.45, 7) is 9.95. The molecule has 0 spiro atoms. The normalized spacial score (nSPS) is 17.8. The Labute approximate surface area is 163 Å². The van der Waals surface area contributed by atoms with Gasteiger partial charge in [0.05, 0.1) is 18.3 Å². The zero-order chi connectivity index (χ0) is 19.4. The Morgan fingerprint density at radius 2 is 1.89 bits per heavy atom. The van der Waals surface area contributed by atoms with Crippen molar-refractivity contribution in [1.82, 2.24) is 9.97 Å². The molecule has 0 saturated carbocycles. The summed E-state index contributed by atoms with van der Waals surface area (Å²) in [5.41, 5.74) is 4.91. The van der Waals surface area contributed by atoms with E-state index in [1.807, 2.05) is 6.92 Å². The number of nitrogens with zero attached hydrogens (tertiary/aromatic N) is 3. The van der Waals surface area contributed by atoms with Crippen molar-refractivity contribution in [3.63, 3.8) is 0 Å². The first kappa shape index (κ1) is 19.7. The molecule has 0 amide bonds. The molecule has 2 heterocycles. The van der Waals surface area contributed by atoms with Crippen molar-refractivity contribution >= 4 is 16.6 Å². The molecule has 0 aliphatic carbocycles. The fraction of sp³-hybridized carbons (Fsp3) is 0.565. The quantitative estimate of drug-likeness (QED) is 0.598. The van der Waals surface area contributed by atoms with Gasteiger partial charge in [0, 0.05) is 29.4 Å². The van der Waals surface area contributed by atoms with Crippen molar-refractivity contribution in [2.45, 2.75) is 66.2 Å². The van der Waals surface area contributed by atoms with Gasteiger partial charge in [-0.1, -0.05) is 39.7 Å². The second-order valence-electron chi connectivity index (χ2n) is 7.87. The number of hydrogen-bond acceptors (Lipinski definition) is 4. The Morgan fingerprint density at radius 1 is 1.15 bits per heavy atom. The second kappa shape index (κ2) is 8.28. The highest BCUT2D eigenvalue weighted by atomic mass is 16.5. The van der Waals surface area contributed by atoms with Crippen molar-refractivity contribution in [3.05, 3.63) is 35.9 Å². The topological polar surface area (TPSA) is 38.2 Å². The molecule has 146 valence electrons. The number of benzene rings is 1. The van der Waals surface area contributed by atoms with E-state index in [4.69, 9.17) is 4.74 Å². The lowest BCUT2D eigenvalue weighted by molar-refractivity contribution is 0.273. The van der Waals surface area contributed by atoms with Crippen molar-refractivity contribution in [1.29, 1.82) is 0 Å². The van der Waals surface area contributed by atoms with E-state index in [0.717, 1.165) is 47.4 Å².